The van der Waals surface area contributed by atoms with Crippen molar-refractivity contribution < 1.29 is 30.3 Å². The van der Waals surface area contributed by atoms with Crippen LogP contribution in [0.1, 0.15) is 90.4 Å². The zero-order valence-electron chi connectivity index (χ0n) is 18.7. The molecule has 0 aromatic carbocycles. The predicted molar refractivity (Wildman–Crippen MR) is 119 cm³/mol. The van der Waals surface area contributed by atoms with Crippen molar-refractivity contribution in [2.45, 2.75) is 103 Å². The number of ether oxygens (including phenoxy) is 1. The van der Waals surface area contributed by atoms with Crippen molar-refractivity contribution in [3.05, 3.63) is 12.2 Å². The maximum absolute atomic E-state index is 9.87. The Labute approximate surface area is 178 Å². The largest absolute Gasteiger partial charge is 0.394 e. The van der Waals surface area contributed by atoms with Crippen LogP contribution in [0.2, 0.25) is 0 Å². The number of hydrogen-bond acceptors (Lipinski definition) is 6. The van der Waals surface area contributed by atoms with Gasteiger partial charge in [-0.3, -0.25) is 0 Å². The van der Waals surface area contributed by atoms with Crippen molar-refractivity contribution >= 4 is 0 Å². The molecule has 0 amide bonds. The van der Waals surface area contributed by atoms with E-state index in [9.17, 15) is 5.11 Å². The van der Waals surface area contributed by atoms with Crippen LogP contribution in [-0.2, 0) is 4.74 Å². The van der Waals surface area contributed by atoms with E-state index in [0.717, 1.165) is 38.5 Å². The van der Waals surface area contributed by atoms with Crippen LogP contribution in [0.25, 0.3) is 0 Å². The molecule has 5 N–H and O–H groups in total. The summed E-state index contributed by atoms with van der Waals surface area (Å²) in [6, 6.07) is 0. The fourth-order valence-electron chi connectivity index (χ4n) is 2.74. The number of hydrogen-bond donors (Lipinski definition) is 5. The fourth-order valence-corrected chi connectivity index (χ4v) is 2.74. The minimum atomic E-state index is -0.741. The summed E-state index contributed by atoms with van der Waals surface area (Å²) >= 11 is 0. The molecule has 29 heavy (non-hydrogen) atoms. The molecule has 2 atom stereocenters. The van der Waals surface area contributed by atoms with Gasteiger partial charge in [0.25, 0.3) is 0 Å². The first-order chi connectivity index (χ1) is 14.1. The van der Waals surface area contributed by atoms with Gasteiger partial charge in [0.1, 0.15) is 6.10 Å². The highest BCUT2D eigenvalue weighted by Gasteiger charge is 2.01. The lowest BCUT2D eigenvalue weighted by Gasteiger charge is -2.08. The minimum Gasteiger partial charge on any atom is -0.394 e. The molecule has 2 unspecified atom stereocenters. The average molecular weight is 421 g/mol. The Morgan fingerprint density at radius 1 is 0.724 bits per heavy atom. The molecular formula is C23H48O6. The Kier molecular flexibility index (Phi) is 29.1. The topological polar surface area (TPSA) is 110 Å². The molecule has 0 bridgehead atoms. The van der Waals surface area contributed by atoms with Crippen LogP contribution in [-0.4, -0.2) is 70.8 Å². The molecule has 0 saturated heterocycles. The average Bonchev–Trinajstić information content (AvgIpc) is 2.74. The molecular weight excluding hydrogens is 372 g/mol. The summed E-state index contributed by atoms with van der Waals surface area (Å²) in [5, 5.41) is 42.9. The second kappa shape index (κ2) is 27.5. The number of allylic oxidation sites excluding steroid dienone is 1. The minimum absolute atomic E-state index is 0.125. The van der Waals surface area contributed by atoms with Gasteiger partial charge in [0.2, 0.25) is 0 Å². The lowest BCUT2D eigenvalue weighted by atomic mass is 10.1. The van der Waals surface area contributed by atoms with Crippen LogP contribution >= 0.6 is 0 Å². The van der Waals surface area contributed by atoms with E-state index in [1.807, 2.05) is 0 Å². The summed E-state index contributed by atoms with van der Waals surface area (Å²) in [6.07, 6.45) is 18.4. The van der Waals surface area contributed by atoms with Gasteiger partial charge in [-0.1, -0.05) is 70.4 Å². The number of aliphatic hydroxyl groups is 5. The lowest BCUT2D eigenvalue weighted by molar-refractivity contribution is 0.00526. The Bertz CT molecular complexity index is 310. The molecule has 6 nitrogen and oxygen atoms in total. The zero-order valence-corrected chi connectivity index (χ0v) is 18.7. The number of rotatable bonds is 20. The van der Waals surface area contributed by atoms with Gasteiger partial charge in [0.05, 0.1) is 32.5 Å². The molecule has 0 aliphatic heterocycles. The molecule has 176 valence electrons. The first-order valence-electron chi connectivity index (χ1n) is 11.5. The second-order valence-electron chi connectivity index (χ2n) is 7.48. The Morgan fingerprint density at radius 3 is 1.97 bits per heavy atom. The molecule has 0 saturated carbocycles. The van der Waals surface area contributed by atoms with Crippen LogP contribution in [0.4, 0.5) is 0 Å². The Morgan fingerprint density at radius 2 is 1.34 bits per heavy atom. The van der Waals surface area contributed by atoms with Crippen molar-refractivity contribution in [2.75, 3.05) is 33.0 Å². The van der Waals surface area contributed by atoms with Gasteiger partial charge in [-0.2, -0.15) is 0 Å². The van der Waals surface area contributed by atoms with E-state index in [-0.39, 0.29) is 32.5 Å². The van der Waals surface area contributed by atoms with Crippen LogP contribution in [0.5, 0.6) is 0 Å². The van der Waals surface area contributed by atoms with Gasteiger partial charge in [0.15, 0.2) is 0 Å². The van der Waals surface area contributed by atoms with Gasteiger partial charge < -0.3 is 30.3 Å². The SMILES string of the molecule is CCCCCCC(O)C/C=C\CCCCCCCCOCC(O)CO.OCCO. The van der Waals surface area contributed by atoms with E-state index >= 15 is 0 Å². The molecule has 0 aliphatic carbocycles. The van der Waals surface area contributed by atoms with Gasteiger partial charge in [0, 0.05) is 6.61 Å². The smallest absolute Gasteiger partial charge is 0.100 e. The second-order valence-corrected chi connectivity index (χ2v) is 7.48. The molecule has 0 rings (SSSR count). The van der Waals surface area contributed by atoms with Crippen molar-refractivity contribution in [3.8, 4) is 0 Å². The fraction of sp³-hybridized carbons (Fsp3) is 0.913. The quantitative estimate of drug-likeness (QED) is 0.153. The van der Waals surface area contributed by atoms with E-state index in [0.29, 0.717) is 6.61 Å². The molecule has 0 fully saturated rings. The predicted octanol–water partition coefficient (Wildman–Crippen LogP) is 3.34. The van der Waals surface area contributed by atoms with Gasteiger partial charge >= 0.3 is 0 Å². The molecule has 0 aliphatic rings. The lowest BCUT2D eigenvalue weighted by Crippen LogP contribution is -2.19. The standard InChI is InChI=1S/C21H42O4.C2H6O2/c1-2-3-4-12-15-20(23)16-13-10-8-6-5-7-9-11-14-17-25-19-21(24)18-22;3-1-2-4/h10,13,20-24H,2-9,11-12,14-19H2,1H3;3-4H,1-2H2/b13-10-;. The summed E-state index contributed by atoms with van der Waals surface area (Å²) in [7, 11) is 0. The summed E-state index contributed by atoms with van der Waals surface area (Å²) in [4.78, 5) is 0. The van der Waals surface area contributed by atoms with Crippen molar-refractivity contribution in [1.82, 2.24) is 0 Å². The number of aliphatic hydroxyl groups excluding tert-OH is 5. The summed E-state index contributed by atoms with van der Waals surface area (Å²) < 4.78 is 5.27. The van der Waals surface area contributed by atoms with E-state index in [2.05, 4.69) is 19.1 Å². The number of unbranched alkanes of at least 4 members (excludes halogenated alkanes) is 9. The molecule has 0 radical (unpaired) electrons. The highest BCUT2D eigenvalue weighted by Crippen LogP contribution is 2.10. The van der Waals surface area contributed by atoms with Crippen LogP contribution in [0, 0.1) is 0 Å². The third-order valence-electron chi connectivity index (χ3n) is 4.50. The van der Waals surface area contributed by atoms with E-state index in [1.165, 1.54) is 44.9 Å². The molecule has 6 heteroatoms. The first-order valence-corrected chi connectivity index (χ1v) is 11.5. The van der Waals surface area contributed by atoms with E-state index in [1.54, 1.807) is 0 Å². The maximum atomic E-state index is 9.87. The molecule has 0 aromatic heterocycles. The van der Waals surface area contributed by atoms with Crippen LogP contribution < -0.4 is 0 Å². The molecule has 0 heterocycles. The molecule has 0 aromatic rings. The van der Waals surface area contributed by atoms with Gasteiger partial charge in [-0.15, -0.1) is 0 Å². The highest BCUT2D eigenvalue weighted by atomic mass is 16.5. The maximum Gasteiger partial charge on any atom is 0.100 e. The van der Waals surface area contributed by atoms with Crippen LogP contribution in [0.15, 0.2) is 12.2 Å². The van der Waals surface area contributed by atoms with Crippen molar-refractivity contribution in [2.24, 2.45) is 0 Å². The third-order valence-corrected chi connectivity index (χ3v) is 4.50. The summed E-state index contributed by atoms with van der Waals surface area (Å²) in [5.41, 5.74) is 0. The monoisotopic (exact) mass is 420 g/mol. The third kappa shape index (κ3) is 29.8. The highest BCUT2D eigenvalue weighted by molar-refractivity contribution is 4.84. The van der Waals surface area contributed by atoms with E-state index < -0.39 is 6.10 Å². The van der Waals surface area contributed by atoms with Crippen molar-refractivity contribution in [3.63, 3.8) is 0 Å². The zero-order chi connectivity index (χ0) is 22.0. The van der Waals surface area contributed by atoms with Crippen LogP contribution in [0.3, 0.4) is 0 Å². The van der Waals surface area contributed by atoms with Gasteiger partial charge in [-0.05, 0) is 32.1 Å². The summed E-state index contributed by atoms with van der Waals surface area (Å²) in [6.45, 7) is 2.63. The summed E-state index contributed by atoms with van der Waals surface area (Å²) in [5.74, 6) is 0. The van der Waals surface area contributed by atoms with Gasteiger partial charge in [-0.25, -0.2) is 0 Å². The van der Waals surface area contributed by atoms with Crippen molar-refractivity contribution in [1.29, 1.82) is 0 Å². The first kappa shape index (κ1) is 30.7. The van der Waals surface area contributed by atoms with E-state index in [4.69, 9.17) is 25.2 Å². The Hall–Kier alpha value is -0.500. The Balaban J connectivity index is 0. The normalized spacial score (nSPS) is 13.3. The molecule has 0 spiro atoms.